The van der Waals surface area contributed by atoms with Crippen molar-refractivity contribution in [3.63, 3.8) is 0 Å². The summed E-state index contributed by atoms with van der Waals surface area (Å²) in [5, 5.41) is 19.3. The lowest BCUT2D eigenvalue weighted by molar-refractivity contribution is 0.0670. The summed E-state index contributed by atoms with van der Waals surface area (Å²) in [6, 6.07) is 2.58. The summed E-state index contributed by atoms with van der Waals surface area (Å²) in [4.78, 5) is 23.6. The normalized spacial score (nSPS) is 12.9. The highest BCUT2D eigenvalue weighted by Crippen LogP contribution is 2.31. The molecule has 6 nitrogen and oxygen atoms in total. The monoisotopic (exact) mass is 422 g/mol. The number of hydrogen-bond acceptors (Lipinski definition) is 4. The lowest BCUT2D eigenvalue weighted by atomic mass is 10.00. The van der Waals surface area contributed by atoms with Crippen LogP contribution in [0, 0.1) is 11.8 Å². The largest absolute Gasteiger partial charge is 0.492 e. The van der Waals surface area contributed by atoms with Gasteiger partial charge in [0.15, 0.2) is 0 Å². The standard InChI is InChI=1S/C24H38O6/c1-5-9-11-17(7-3)15-29-21-13-20(24(27)28)22(14-19(21)23(25)26)30-16-18(8-4)12-10-6-2/h13-14,17-18H,5-12,15-16H2,1-4H3,(H,25,26)(H,27,28). The predicted molar refractivity (Wildman–Crippen MR) is 118 cm³/mol. The molecule has 2 atom stereocenters. The molecule has 1 aromatic carbocycles. The van der Waals surface area contributed by atoms with E-state index < -0.39 is 11.9 Å². The van der Waals surface area contributed by atoms with Crippen LogP contribution in [0.15, 0.2) is 12.1 Å². The van der Waals surface area contributed by atoms with Gasteiger partial charge in [0.05, 0.1) is 13.2 Å². The third kappa shape index (κ3) is 8.25. The molecule has 0 aliphatic heterocycles. The van der Waals surface area contributed by atoms with Gasteiger partial charge in [-0.2, -0.15) is 0 Å². The van der Waals surface area contributed by atoms with Crippen LogP contribution < -0.4 is 9.47 Å². The Balaban J connectivity index is 3.07. The molecule has 0 bridgehead atoms. The van der Waals surface area contributed by atoms with E-state index in [0.29, 0.717) is 25.0 Å². The zero-order chi connectivity index (χ0) is 22.5. The van der Waals surface area contributed by atoms with Gasteiger partial charge in [-0.05, 0) is 36.8 Å². The molecule has 30 heavy (non-hydrogen) atoms. The number of ether oxygens (including phenoxy) is 2. The van der Waals surface area contributed by atoms with Crippen LogP contribution in [0.2, 0.25) is 0 Å². The number of carboxylic acids is 2. The molecule has 0 heterocycles. The topological polar surface area (TPSA) is 93.1 Å². The molecule has 0 fully saturated rings. The predicted octanol–water partition coefficient (Wildman–Crippen LogP) is 6.27. The fourth-order valence-electron chi connectivity index (χ4n) is 3.34. The third-order valence-electron chi connectivity index (χ3n) is 5.58. The van der Waals surface area contributed by atoms with Crippen LogP contribution in [0.5, 0.6) is 11.5 Å². The maximum Gasteiger partial charge on any atom is 0.339 e. The first-order chi connectivity index (χ1) is 14.4. The zero-order valence-corrected chi connectivity index (χ0v) is 18.9. The molecule has 170 valence electrons. The van der Waals surface area contributed by atoms with E-state index in [1.165, 1.54) is 12.1 Å². The quantitative estimate of drug-likeness (QED) is 0.326. The number of rotatable bonds is 16. The van der Waals surface area contributed by atoms with Crippen molar-refractivity contribution >= 4 is 11.9 Å². The fourth-order valence-corrected chi connectivity index (χ4v) is 3.34. The zero-order valence-electron chi connectivity index (χ0n) is 18.9. The van der Waals surface area contributed by atoms with Gasteiger partial charge in [-0.15, -0.1) is 0 Å². The first-order valence-electron chi connectivity index (χ1n) is 11.3. The van der Waals surface area contributed by atoms with Crippen molar-refractivity contribution in [3.8, 4) is 11.5 Å². The summed E-state index contributed by atoms with van der Waals surface area (Å²) in [6.45, 7) is 9.13. The summed E-state index contributed by atoms with van der Waals surface area (Å²) < 4.78 is 11.6. The Kier molecular flexibility index (Phi) is 11.9. The summed E-state index contributed by atoms with van der Waals surface area (Å²) >= 11 is 0. The maximum atomic E-state index is 11.8. The first-order valence-corrected chi connectivity index (χ1v) is 11.3. The number of aromatic carboxylic acids is 2. The van der Waals surface area contributed by atoms with Gasteiger partial charge in [-0.25, -0.2) is 9.59 Å². The van der Waals surface area contributed by atoms with E-state index >= 15 is 0 Å². The van der Waals surface area contributed by atoms with Gasteiger partial charge in [0.25, 0.3) is 0 Å². The van der Waals surface area contributed by atoms with Gasteiger partial charge in [0.1, 0.15) is 22.6 Å². The molecule has 0 spiro atoms. The molecule has 6 heteroatoms. The molecule has 0 aliphatic carbocycles. The summed E-state index contributed by atoms with van der Waals surface area (Å²) in [5.74, 6) is -1.54. The number of carbonyl (C=O) groups is 2. The van der Waals surface area contributed by atoms with Gasteiger partial charge >= 0.3 is 11.9 Å². The fraction of sp³-hybridized carbons (Fsp3) is 0.667. The molecule has 0 saturated heterocycles. The molecule has 0 aliphatic rings. The van der Waals surface area contributed by atoms with E-state index in [1.54, 1.807) is 0 Å². The van der Waals surface area contributed by atoms with Crippen molar-refractivity contribution in [2.24, 2.45) is 11.8 Å². The number of carboxylic acid groups (broad SMARTS) is 2. The SMILES string of the molecule is CCCCC(CC)COc1cc(C(=O)O)c(OCC(CC)CCCC)cc1C(=O)O. The Bertz CT molecular complexity index is 612. The lowest BCUT2D eigenvalue weighted by Crippen LogP contribution is -2.16. The molecular weight excluding hydrogens is 384 g/mol. The molecule has 0 saturated carbocycles. The first kappa shape index (κ1) is 25.8. The molecule has 2 unspecified atom stereocenters. The van der Waals surface area contributed by atoms with Crippen LogP contribution in [0.3, 0.4) is 0 Å². The van der Waals surface area contributed by atoms with Crippen LogP contribution in [-0.4, -0.2) is 35.4 Å². The highest BCUT2D eigenvalue weighted by molar-refractivity contribution is 5.97. The minimum absolute atomic E-state index is 0.0676. The summed E-state index contributed by atoms with van der Waals surface area (Å²) in [6.07, 6.45) is 8.18. The highest BCUT2D eigenvalue weighted by atomic mass is 16.5. The van der Waals surface area contributed by atoms with Gasteiger partial charge in [-0.3, -0.25) is 0 Å². The van der Waals surface area contributed by atoms with Gasteiger partial charge in [0, 0.05) is 0 Å². The molecule has 0 radical (unpaired) electrons. The van der Waals surface area contributed by atoms with Gasteiger partial charge in [-0.1, -0.05) is 66.2 Å². The Morgan fingerprint density at radius 1 is 0.767 bits per heavy atom. The molecule has 0 aromatic heterocycles. The molecule has 1 rings (SSSR count). The molecular formula is C24H38O6. The van der Waals surface area contributed by atoms with Crippen molar-refractivity contribution < 1.29 is 29.3 Å². The number of hydrogen-bond donors (Lipinski definition) is 2. The molecule has 2 N–H and O–H groups in total. The summed E-state index contributed by atoms with van der Waals surface area (Å²) in [5.41, 5.74) is -0.135. The lowest BCUT2D eigenvalue weighted by Gasteiger charge is -2.20. The average Bonchev–Trinajstić information content (AvgIpc) is 2.73. The van der Waals surface area contributed by atoms with Crippen molar-refractivity contribution in [3.05, 3.63) is 23.3 Å². The average molecular weight is 423 g/mol. The highest BCUT2D eigenvalue weighted by Gasteiger charge is 2.22. The van der Waals surface area contributed by atoms with Crippen molar-refractivity contribution in [2.75, 3.05) is 13.2 Å². The third-order valence-corrected chi connectivity index (χ3v) is 5.58. The second-order valence-corrected chi connectivity index (χ2v) is 7.91. The maximum absolute atomic E-state index is 11.8. The van der Waals surface area contributed by atoms with Crippen LogP contribution >= 0.6 is 0 Å². The van der Waals surface area contributed by atoms with E-state index in [1.807, 2.05) is 0 Å². The van der Waals surface area contributed by atoms with Crippen LogP contribution in [0.25, 0.3) is 0 Å². The van der Waals surface area contributed by atoms with Crippen LogP contribution in [-0.2, 0) is 0 Å². The molecule has 1 aromatic rings. The van der Waals surface area contributed by atoms with Gasteiger partial charge in [0.2, 0.25) is 0 Å². The minimum atomic E-state index is -1.16. The van der Waals surface area contributed by atoms with E-state index in [0.717, 1.165) is 51.4 Å². The number of benzene rings is 1. The smallest absolute Gasteiger partial charge is 0.339 e. The van der Waals surface area contributed by atoms with E-state index in [9.17, 15) is 19.8 Å². The van der Waals surface area contributed by atoms with Crippen molar-refractivity contribution in [2.45, 2.75) is 79.1 Å². The Hall–Kier alpha value is -2.24. The van der Waals surface area contributed by atoms with E-state index in [4.69, 9.17) is 9.47 Å². The Morgan fingerprint density at radius 2 is 1.13 bits per heavy atom. The van der Waals surface area contributed by atoms with Crippen molar-refractivity contribution in [1.82, 2.24) is 0 Å². The van der Waals surface area contributed by atoms with Gasteiger partial charge < -0.3 is 19.7 Å². The molecule has 0 amide bonds. The van der Waals surface area contributed by atoms with Crippen LogP contribution in [0.1, 0.15) is 99.8 Å². The van der Waals surface area contributed by atoms with Crippen LogP contribution in [0.4, 0.5) is 0 Å². The number of unbranched alkanes of at least 4 members (excludes halogenated alkanes) is 2. The Labute approximate surface area is 180 Å². The second-order valence-electron chi connectivity index (χ2n) is 7.91. The van der Waals surface area contributed by atoms with E-state index in [-0.39, 0.29) is 22.6 Å². The van der Waals surface area contributed by atoms with E-state index in [2.05, 4.69) is 27.7 Å². The second kappa shape index (κ2) is 13.9. The minimum Gasteiger partial charge on any atom is -0.492 e. The Morgan fingerprint density at radius 3 is 1.40 bits per heavy atom. The summed E-state index contributed by atoms with van der Waals surface area (Å²) in [7, 11) is 0. The van der Waals surface area contributed by atoms with Crippen molar-refractivity contribution in [1.29, 1.82) is 0 Å².